The minimum Gasteiger partial charge on any atom is -0.480 e. The molecule has 0 aromatic heterocycles. The number of carbonyl (C=O) groups is 2. The fourth-order valence-corrected chi connectivity index (χ4v) is 4.89. The molecule has 4 atom stereocenters. The van der Waals surface area contributed by atoms with Crippen LogP contribution < -0.4 is 0 Å². The van der Waals surface area contributed by atoms with E-state index in [1.807, 2.05) is 19.1 Å². The summed E-state index contributed by atoms with van der Waals surface area (Å²) in [5.74, 6) is -1.89. The summed E-state index contributed by atoms with van der Waals surface area (Å²) in [6, 6.07) is 18.1. The first-order valence-corrected chi connectivity index (χ1v) is 12.5. The lowest BCUT2D eigenvalue weighted by Crippen LogP contribution is -2.57. The molecule has 4 rings (SSSR count). The molecule has 1 heterocycles. The molecule has 1 unspecified atom stereocenters. The van der Waals surface area contributed by atoms with E-state index in [0.29, 0.717) is 27.6 Å². The normalized spacial score (nSPS) is 20.8. The first-order valence-electron chi connectivity index (χ1n) is 11.7. The molecular formula is C28H26Cl2FNO4. The lowest BCUT2D eigenvalue weighted by atomic mass is 9.88. The lowest BCUT2D eigenvalue weighted by molar-refractivity contribution is -0.184. The Bertz CT molecular complexity index is 1200. The van der Waals surface area contributed by atoms with Gasteiger partial charge < -0.3 is 14.7 Å². The number of carbonyl (C=O) groups excluding carboxylic acids is 1. The number of hydrogen-bond acceptors (Lipinski definition) is 3. The molecule has 0 radical (unpaired) electrons. The maximum atomic E-state index is 13.9. The molecule has 1 amide bonds. The van der Waals surface area contributed by atoms with Gasteiger partial charge in [-0.05, 0) is 59.5 Å². The van der Waals surface area contributed by atoms with Crippen LogP contribution in [0.2, 0.25) is 10.0 Å². The molecular weight excluding hydrogens is 504 g/mol. The molecule has 0 bridgehead atoms. The van der Waals surface area contributed by atoms with Crippen LogP contribution >= 0.6 is 23.2 Å². The Kier molecular flexibility index (Phi) is 8.29. The molecule has 36 heavy (non-hydrogen) atoms. The van der Waals surface area contributed by atoms with Crippen LogP contribution in [-0.2, 0) is 20.7 Å². The van der Waals surface area contributed by atoms with Crippen molar-refractivity contribution in [2.75, 3.05) is 0 Å². The van der Waals surface area contributed by atoms with E-state index in [1.165, 1.54) is 17.0 Å². The van der Waals surface area contributed by atoms with Gasteiger partial charge in [-0.25, -0.2) is 9.18 Å². The van der Waals surface area contributed by atoms with Crippen LogP contribution in [0.25, 0.3) is 0 Å². The number of morpholine rings is 1. The van der Waals surface area contributed by atoms with Crippen LogP contribution in [0.5, 0.6) is 0 Å². The topological polar surface area (TPSA) is 66.8 Å². The quantitative estimate of drug-likeness (QED) is 0.355. The van der Waals surface area contributed by atoms with Crippen molar-refractivity contribution >= 4 is 35.1 Å². The third-order valence-corrected chi connectivity index (χ3v) is 6.86. The van der Waals surface area contributed by atoms with Gasteiger partial charge in [-0.1, -0.05) is 72.9 Å². The summed E-state index contributed by atoms with van der Waals surface area (Å²) in [7, 11) is 0. The van der Waals surface area contributed by atoms with E-state index in [0.717, 1.165) is 5.56 Å². The number of halogens is 3. The van der Waals surface area contributed by atoms with Crippen LogP contribution in [0, 0.1) is 5.82 Å². The van der Waals surface area contributed by atoms with Crippen molar-refractivity contribution in [3.8, 4) is 0 Å². The maximum Gasteiger partial charge on any atom is 0.326 e. The van der Waals surface area contributed by atoms with E-state index in [-0.39, 0.29) is 18.7 Å². The van der Waals surface area contributed by atoms with E-state index in [1.54, 1.807) is 48.5 Å². The van der Waals surface area contributed by atoms with Crippen molar-refractivity contribution in [2.45, 2.75) is 50.5 Å². The average Bonchev–Trinajstić information content (AvgIpc) is 2.86. The van der Waals surface area contributed by atoms with Crippen LogP contribution in [0.1, 0.15) is 48.6 Å². The smallest absolute Gasteiger partial charge is 0.326 e. The lowest BCUT2D eigenvalue weighted by Gasteiger charge is -2.47. The standard InChI is InChI=1S/C28H26Cl2FNO4/c1-2-3-23(28(34)35)32-25(18-6-10-20(29)11-7-18)26(19-8-12-21(30)13-9-19)36-24(27(32)33)16-17-4-14-22(31)15-5-17/h4-15,23-26H,2-3,16H2,1H3,(H,34,35)/t23?,24-,25+,26-/m1/s1. The molecule has 3 aromatic carbocycles. The molecule has 0 saturated carbocycles. The van der Waals surface area contributed by atoms with Crippen LogP contribution in [0.4, 0.5) is 4.39 Å². The van der Waals surface area contributed by atoms with Crippen molar-refractivity contribution in [3.05, 3.63) is 105 Å². The third kappa shape index (κ3) is 5.72. The highest BCUT2D eigenvalue weighted by molar-refractivity contribution is 6.30. The zero-order valence-electron chi connectivity index (χ0n) is 19.6. The van der Waals surface area contributed by atoms with Crippen LogP contribution in [-0.4, -0.2) is 34.0 Å². The summed E-state index contributed by atoms with van der Waals surface area (Å²) >= 11 is 12.3. The van der Waals surface area contributed by atoms with Gasteiger partial charge in [0.2, 0.25) is 0 Å². The number of benzene rings is 3. The summed E-state index contributed by atoms with van der Waals surface area (Å²) in [5.41, 5.74) is 2.16. The van der Waals surface area contributed by atoms with Crippen molar-refractivity contribution < 1.29 is 23.8 Å². The van der Waals surface area contributed by atoms with Gasteiger partial charge in [-0.3, -0.25) is 4.79 Å². The van der Waals surface area contributed by atoms with E-state index >= 15 is 0 Å². The molecule has 0 spiro atoms. The van der Waals surface area contributed by atoms with Crippen molar-refractivity contribution in [2.24, 2.45) is 0 Å². The fraction of sp³-hybridized carbons (Fsp3) is 0.286. The third-order valence-electron chi connectivity index (χ3n) is 6.35. The molecule has 5 nitrogen and oxygen atoms in total. The van der Waals surface area contributed by atoms with Gasteiger partial charge in [0.25, 0.3) is 5.91 Å². The second-order valence-electron chi connectivity index (χ2n) is 8.81. The highest BCUT2D eigenvalue weighted by Gasteiger charge is 2.48. The molecule has 0 aliphatic carbocycles. The average molecular weight is 530 g/mol. The number of aliphatic carboxylic acids is 1. The molecule has 188 valence electrons. The summed E-state index contributed by atoms with van der Waals surface area (Å²) in [4.78, 5) is 27.8. The fourth-order valence-electron chi connectivity index (χ4n) is 4.64. The summed E-state index contributed by atoms with van der Waals surface area (Å²) in [5, 5.41) is 11.2. The van der Waals surface area contributed by atoms with E-state index in [4.69, 9.17) is 27.9 Å². The van der Waals surface area contributed by atoms with Crippen LogP contribution in [0.3, 0.4) is 0 Å². The molecule has 1 fully saturated rings. The molecule has 1 saturated heterocycles. The zero-order valence-corrected chi connectivity index (χ0v) is 21.1. The molecule has 1 N–H and O–H groups in total. The van der Waals surface area contributed by atoms with Gasteiger partial charge in [-0.2, -0.15) is 0 Å². The Hall–Kier alpha value is -2.93. The first kappa shape index (κ1) is 26.1. The Morgan fingerprint density at radius 2 is 1.53 bits per heavy atom. The van der Waals surface area contributed by atoms with Gasteiger partial charge >= 0.3 is 5.97 Å². The minimum atomic E-state index is -1.08. The Morgan fingerprint density at radius 1 is 0.972 bits per heavy atom. The highest BCUT2D eigenvalue weighted by Crippen LogP contribution is 2.44. The van der Waals surface area contributed by atoms with E-state index < -0.39 is 36.2 Å². The number of carboxylic acid groups (broad SMARTS) is 1. The summed E-state index contributed by atoms with van der Waals surface area (Å²) in [6.07, 6.45) is -0.611. The van der Waals surface area contributed by atoms with Gasteiger partial charge in [0.1, 0.15) is 24.1 Å². The number of carboxylic acids is 1. The van der Waals surface area contributed by atoms with Crippen molar-refractivity contribution in [1.29, 1.82) is 0 Å². The molecule has 8 heteroatoms. The predicted molar refractivity (Wildman–Crippen MR) is 137 cm³/mol. The summed E-state index contributed by atoms with van der Waals surface area (Å²) in [6.45, 7) is 1.88. The van der Waals surface area contributed by atoms with Gasteiger partial charge in [-0.15, -0.1) is 0 Å². The van der Waals surface area contributed by atoms with Gasteiger partial charge in [0.15, 0.2) is 0 Å². The predicted octanol–water partition coefficient (Wildman–Crippen LogP) is 6.64. The molecule has 1 aliphatic heterocycles. The van der Waals surface area contributed by atoms with Crippen LogP contribution in [0.15, 0.2) is 72.8 Å². The Morgan fingerprint density at radius 3 is 2.06 bits per heavy atom. The number of ether oxygens (including phenoxy) is 1. The van der Waals surface area contributed by atoms with E-state index in [2.05, 4.69) is 0 Å². The molecule has 3 aromatic rings. The number of amides is 1. The van der Waals surface area contributed by atoms with Crippen molar-refractivity contribution in [1.82, 2.24) is 4.90 Å². The summed E-state index contributed by atoms with van der Waals surface area (Å²) < 4.78 is 19.9. The monoisotopic (exact) mass is 529 g/mol. The second kappa shape index (κ2) is 11.4. The van der Waals surface area contributed by atoms with Crippen molar-refractivity contribution in [3.63, 3.8) is 0 Å². The minimum absolute atomic E-state index is 0.172. The highest BCUT2D eigenvalue weighted by atomic mass is 35.5. The SMILES string of the molecule is CCCC(C(=O)O)N1C(=O)[C@@H](Cc2ccc(F)cc2)O[C@H](c2ccc(Cl)cc2)[C@@H]1c1ccc(Cl)cc1. The van der Waals surface area contributed by atoms with Gasteiger partial charge in [0.05, 0.1) is 6.04 Å². The largest absolute Gasteiger partial charge is 0.480 e. The van der Waals surface area contributed by atoms with E-state index in [9.17, 15) is 19.1 Å². The Balaban J connectivity index is 1.84. The number of nitrogens with zero attached hydrogens (tertiary/aromatic N) is 1. The first-order chi connectivity index (χ1) is 17.3. The molecule has 1 aliphatic rings. The maximum absolute atomic E-state index is 13.9. The second-order valence-corrected chi connectivity index (χ2v) is 9.68. The zero-order chi connectivity index (χ0) is 25.8. The van der Waals surface area contributed by atoms with Gasteiger partial charge in [0, 0.05) is 16.5 Å². The number of hydrogen-bond donors (Lipinski definition) is 1. The number of rotatable bonds is 8. The Labute approximate surface area is 219 Å².